The van der Waals surface area contributed by atoms with Crippen molar-refractivity contribution in [3.63, 3.8) is 0 Å². The van der Waals surface area contributed by atoms with Crippen LogP contribution in [0.2, 0.25) is 0 Å². The Kier molecular flexibility index (Phi) is 11.3. The van der Waals surface area contributed by atoms with E-state index in [1.807, 2.05) is 0 Å². The SMILES string of the molecule is O=C(C=Cc1ccc(O)cc1)OC[C@@H]1O[C@@H](Oc2cc3c(O[C@@H]4O[C@H](CO)[C@@H](O)[C@H](O)[C@@H]4O)cc(=O)cc-3oc2-c2ccc(O)cc2)[C@H](O)[C@@H](O)[C@@H]1O. The van der Waals surface area contributed by atoms with E-state index in [1.54, 1.807) is 12.1 Å². The molecule has 3 aliphatic heterocycles. The van der Waals surface area contributed by atoms with E-state index in [0.29, 0.717) is 11.1 Å². The molecule has 53 heavy (non-hydrogen) atoms. The van der Waals surface area contributed by atoms with Crippen molar-refractivity contribution in [1.29, 1.82) is 0 Å². The smallest absolute Gasteiger partial charge is 0.330 e. The van der Waals surface area contributed by atoms with Crippen molar-refractivity contribution in [3.8, 4) is 45.6 Å². The minimum Gasteiger partial charge on any atom is -0.508 e. The maximum absolute atomic E-state index is 12.7. The number of benzene rings is 3. The molecule has 0 saturated carbocycles. The molecule has 10 atom stereocenters. The van der Waals surface area contributed by atoms with Crippen molar-refractivity contribution in [1.82, 2.24) is 0 Å². The summed E-state index contributed by atoms with van der Waals surface area (Å²) in [6.07, 6.45) is -14.4. The summed E-state index contributed by atoms with van der Waals surface area (Å²) in [6.45, 7) is -1.32. The molecule has 2 saturated heterocycles. The van der Waals surface area contributed by atoms with E-state index in [-0.39, 0.29) is 40.1 Å². The Balaban J connectivity index is 1.30. The first kappa shape index (κ1) is 37.7. The van der Waals surface area contributed by atoms with E-state index in [4.69, 9.17) is 28.1 Å². The van der Waals surface area contributed by atoms with Crippen LogP contribution in [-0.4, -0.2) is 127 Å². The van der Waals surface area contributed by atoms with Gasteiger partial charge in [0, 0.05) is 23.8 Å². The number of hydrogen-bond acceptors (Lipinski definition) is 17. The van der Waals surface area contributed by atoms with Gasteiger partial charge >= 0.3 is 5.97 Å². The Morgan fingerprint density at radius 3 is 1.89 bits per heavy atom. The maximum Gasteiger partial charge on any atom is 0.330 e. The quantitative estimate of drug-likeness (QED) is 0.0728. The summed E-state index contributed by atoms with van der Waals surface area (Å²) in [4.78, 5) is 25.2. The van der Waals surface area contributed by atoms with Crippen LogP contribution in [0.25, 0.3) is 28.7 Å². The molecule has 0 amide bonds. The molecule has 2 fully saturated rings. The van der Waals surface area contributed by atoms with Crippen molar-refractivity contribution in [2.24, 2.45) is 0 Å². The molecular formula is C36H36O17. The molecule has 17 heteroatoms. The van der Waals surface area contributed by atoms with Crippen LogP contribution in [0.1, 0.15) is 5.56 Å². The number of ether oxygens (including phenoxy) is 5. The molecule has 0 unspecified atom stereocenters. The Morgan fingerprint density at radius 2 is 1.26 bits per heavy atom. The highest BCUT2D eigenvalue weighted by Gasteiger charge is 2.47. The van der Waals surface area contributed by atoms with Gasteiger partial charge in [-0.25, -0.2) is 4.79 Å². The highest BCUT2D eigenvalue weighted by molar-refractivity contribution is 5.87. The molecule has 2 aromatic carbocycles. The van der Waals surface area contributed by atoms with E-state index in [9.17, 15) is 55.5 Å². The number of fused-ring (bicyclic) bond motifs is 1. The van der Waals surface area contributed by atoms with Gasteiger partial charge in [0.2, 0.25) is 12.6 Å². The summed E-state index contributed by atoms with van der Waals surface area (Å²) >= 11 is 0. The molecule has 6 rings (SSSR count). The van der Waals surface area contributed by atoms with E-state index in [2.05, 4.69) is 0 Å². The third-order valence-electron chi connectivity index (χ3n) is 8.62. The summed E-state index contributed by atoms with van der Waals surface area (Å²) in [5.74, 6) is -1.49. The topological polar surface area (TPSA) is 275 Å². The zero-order chi connectivity index (χ0) is 38.0. The van der Waals surface area contributed by atoms with Crippen molar-refractivity contribution < 1.29 is 78.9 Å². The van der Waals surface area contributed by atoms with Crippen LogP contribution in [0.3, 0.4) is 0 Å². The van der Waals surface area contributed by atoms with Gasteiger partial charge in [0.25, 0.3) is 0 Å². The van der Waals surface area contributed by atoms with Crippen LogP contribution in [0.5, 0.6) is 23.0 Å². The summed E-state index contributed by atoms with van der Waals surface area (Å²) in [5, 5.41) is 92.2. The Hall–Kier alpha value is -5.08. The van der Waals surface area contributed by atoms with Gasteiger partial charge in [-0.15, -0.1) is 0 Å². The number of aliphatic hydroxyl groups is 7. The average Bonchev–Trinajstić information content (AvgIpc) is 3.14. The molecule has 2 aromatic rings. The van der Waals surface area contributed by atoms with Crippen molar-refractivity contribution >= 4 is 12.0 Å². The van der Waals surface area contributed by atoms with Crippen LogP contribution in [0, 0.1) is 0 Å². The lowest BCUT2D eigenvalue weighted by Crippen LogP contribution is -2.60. The number of phenols is 2. The monoisotopic (exact) mass is 740 g/mol. The molecule has 9 N–H and O–H groups in total. The Labute approximate surface area is 299 Å². The zero-order valence-corrected chi connectivity index (χ0v) is 27.5. The standard InChI is InChI=1S/C36H36O17/c37-14-25-28(42)30(44)32(46)35(52-25)50-23-12-20(40)11-22-21(23)13-24(34(49-22)17-4-8-19(39)9-5-17)51-36-33(47)31(45)29(43)26(53-36)15-48-27(41)10-3-16-1-6-18(38)7-2-16/h1-13,25-26,28-33,35-39,42-47H,14-15H2/t25-,26+,28-,29-,30+,31+,32+,33-,35-,36-/m1/s1. The number of hydrogen-bond donors (Lipinski definition) is 9. The lowest BCUT2D eigenvalue weighted by molar-refractivity contribution is -0.278. The van der Waals surface area contributed by atoms with Crippen molar-refractivity contribution in [2.45, 2.75) is 61.4 Å². The summed E-state index contributed by atoms with van der Waals surface area (Å²) in [7, 11) is 0. The molecule has 17 nitrogen and oxygen atoms in total. The minimum atomic E-state index is -1.87. The highest BCUT2D eigenvalue weighted by atomic mass is 16.7. The zero-order valence-electron chi connectivity index (χ0n) is 27.5. The van der Waals surface area contributed by atoms with Gasteiger partial charge < -0.3 is 74.1 Å². The van der Waals surface area contributed by atoms with Crippen molar-refractivity contribution in [3.05, 3.63) is 88.6 Å². The van der Waals surface area contributed by atoms with E-state index in [0.717, 1.165) is 18.2 Å². The molecule has 0 radical (unpaired) electrons. The molecule has 4 aliphatic rings. The molecule has 282 valence electrons. The van der Waals surface area contributed by atoms with E-state index in [1.165, 1.54) is 48.5 Å². The van der Waals surface area contributed by atoms with E-state index < -0.39 is 86.0 Å². The molecule has 0 aromatic heterocycles. The second-order valence-corrected chi connectivity index (χ2v) is 12.3. The number of rotatable bonds is 10. The van der Waals surface area contributed by atoms with Gasteiger partial charge in [0.1, 0.15) is 78.4 Å². The number of aromatic hydroxyl groups is 2. The van der Waals surface area contributed by atoms with Gasteiger partial charge in [-0.2, -0.15) is 0 Å². The second-order valence-electron chi connectivity index (χ2n) is 12.3. The molecule has 3 heterocycles. The van der Waals surface area contributed by atoms with Crippen LogP contribution in [0.15, 0.2) is 82.0 Å². The molecule has 0 bridgehead atoms. The predicted molar refractivity (Wildman–Crippen MR) is 179 cm³/mol. The number of aliphatic hydroxyl groups excluding tert-OH is 7. The fraction of sp³-hybridized carbons (Fsp3) is 0.333. The predicted octanol–water partition coefficient (Wildman–Crippen LogP) is -0.556. The van der Waals surface area contributed by atoms with Gasteiger partial charge in [0.05, 0.1) is 12.2 Å². The number of esters is 1. The largest absolute Gasteiger partial charge is 0.508 e. The lowest BCUT2D eigenvalue weighted by atomic mass is 9.99. The normalized spacial score (nSPS) is 28.9. The average molecular weight is 741 g/mol. The highest BCUT2D eigenvalue weighted by Crippen LogP contribution is 2.43. The van der Waals surface area contributed by atoms with E-state index >= 15 is 0 Å². The first-order valence-electron chi connectivity index (χ1n) is 16.2. The molecular weight excluding hydrogens is 704 g/mol. The summed E-state index contributed by atoms with van der Waals surface area (Å²) in [6, 6.07) is 15.0. The van der Waals surface area contributed by atoms with Crippen LogP contribution >= 0.6 is 0 Å². The minimum absolute atomic E-state index is 0.0240. The number of phenolic OH excluding ortho intramolecular Hbond substituents is 2. The first-order valence-corrected chi connectivity index (χ1v) is 16.2. The summed E-state index contributed by atoms with van der Waals surface area (Å²) < 4.78 is 34.3. The fourth-order valence-corrected chi connectivity index (χ4v) is 5.69. The maximum atomic E-state index is 12.7. The van der Waals surface area contributed by atoms with Gasteiger partial charge in [0.15, 0.2) is 16.9 Å². The number of carbonyl (C=O) groups is 1. The van der Waals surface area contributed by atoms with Crippen molar-refractivity contribution in [2.75, 3.05) is 13.2 Å². The molecule has 1 aliphatic carbocycles. The Bertz CT molecular complexity index is 1920. The lowest BCUT2D eigenvalue weighted by Gasteiger charge is -2.40. The second kappa shape index (κ2) is 15.9. The third-order valence-corrected chi connectivity index (χ3v) is 8.62. The summed E-state index contributed by atoms with van der Waals surface area (Å²) in [5.41, 5.74) is 0.281. The fourth-order valence-electron chi connectivity index (χ4n) is 5.69. The van der Waals surface area contributed by atoms with Gasteiger partial charge in [-0.05, 0) is 54.1 Å². The number of carbonyl (C=O) groups excluding carboxylic acids is 1. The van der Waals surface area contributed by atoms with Gasteiger partial charge in [-0.1, -0.05) is 12.1 Å². The first-order chi connectivity index (χ1) is 25.3. The van der Waals surface area contributed by atoms with Crippen LogP contribution < -0.4 is 14.9 Å². The van der Waals surface area contributed by atoms with Crippen LogP contribution in [-0.2, 0) is 19.0 Å². The molecule has 0 spiro atoms. The van der Waals surface area contributed by atoms with Crippen LogP contribution in [0.4, 0.5) is 0 Å². The third kappa shape index (κ3) is 8.28. The Morgan fingerprint density at radius 1 is 0.698 bits per heavy atom. The van der Waals surface area contributed by atoms with Gasteiger partial charge in [-0.3, -0.25) is 4.79 Å².